The lowest BCUT2D eigenvalue weighted by Gasteiger charge is -2.03. The van der Waals surface area contributed by atoms with Crippen molar-refractivity contribution in [3.8, 4) is 10.6 Å². The van der Waals surface area contributed by atoms with Gasteiger partial charge in [0.15, 0.2) is 0 Å². The summed E-state index contributed by atoms with van der Waals surface area (Å²) in [5.74, 6) is 0. The summed E-state index contributed by atoms with van der Waals surface area (Å²) in [6, 6.07) is 8.40. The molecular weight excluding hydrogens is 280 g/mol. The lowest BCUT2D eigenvalue weighted by molar-refractivity contribution is 0.181. The molecule has 0 unspecified atom stereocenters. The molecule has 3 nitrogen and oxygen atoms in total. The average Bonchev–Trinajstić information content (AvgIpc) is 2.87. The number of hydrogen-bond donors (Lipinski definition) is 1. The fourth-order valence-electron chi connectivity index (χ4n) is 2.20. The predicted octanol–water partition coefficient (Wildman–Crippen LogP) is 4.15. The van der Waals surface area contributed by atoms with Crippen molar-refractivity contribution in [2.75, 3.05) is 13.7 Å². The van der Waals surface area contributed by atoms with Gasteiger partial charge >= 0.3 is 0 Å². The van der Waals surface area contributed by atoms with E-state index in [1.54, 1.807) is 18.4 Å². The topological polar surface area (TPSA) is 34.2 Å². The molecule has 2 aromatic rings. The summed E-state index contributed by atoms with van der Waals surface area (Å²) in [6.07, 6.45) is 2.43. The molecule has 4 heteroatoms. The highest BCUT2D eigenvalue weighted by Crippen LogP contribution is 2.30. The van der Waals surface area contributed by atoms with Gasteiger partial charge in [-0.15, -0.1) is 11.3 Å². The third-order valence-corrected chi connectivity index (χ3v) is 4.56. The normalized spacial score (nSPS) is 11.0. The number of aromatic nitrogens is 1. The first-order valence-electron chi connectivity index (χ1n) is 7.50. The van der Waals surface area contributed by atoms with Crippen LogP contribution in [0.2, 0.25) is 0 Å². The van der Waals surface area contributed by atoms with Crippen molar-refractivity contribution in [3.63, 3.8) is 0 Å². The minimum absolute atomic E-state index is 0.577. The van der Waals surface area contributed by atoms with Gasteiger partial charge in [0.1, 0.15) is 5.01 Å². The molecule has 0 aliphatic rings. The molecule has 1 N–H and O–H groups in total. The Morgan fingerprint density at radius 1 is 1.29 bits per heavy atom. The standard InChI is InChI=1S/C17H24N2OS/c1-4-5-10-18-11-16-15(12-20-3)19-17(21-16)14-9-7-6-8-13(14)2/h6-9,18H,4-5,10-12H2,1-3H3. The van der Waals surface area contributed by atoms with Crippen LogP contribution in [0.3, 0.4) is 0 Å². The van der Waals surface area contributed by atoms with Gasteiger partial charge in [0, 0.05) is 24.1 Å². The van der Waals surface area contributed by atoms with Gasteiger partial charge in [0.25, 0.3) is 0 Å². The summed E-state index contributed by atoms with van der Waals surface area (Å²) >= 11 is 1.77. The van der Waals surface area contributed by atoms with E-state index in [1.165, 1.54) is 28.8 Å². The third kappa shape index (κ3) is 4.37. The number of methoxy groups -OCH3 is 1. The predicted molar refractivity (Wildman–Crippen MR) is 89.6 cm³/mol. The molecule has 0 aliphatic heterocycles. The summed E-state index contributed by atoms with van der Waals surface area (Å²) in [6.45, 7) is 6.85. The molecule has 0 aliphatic carbocycles. The fourth-order valence-corrected chi connectivity index (χ4v) is 3.33. The second-order valence-corrected chi connectivity index (χ2v) is 6.25. The Hall–Kier alpha value is -1.23. The lowest BCUT2D eigenvalue weighted by atomic mass is 10.1. The molecule has 114 valence electrons. The van der Waals surface area contributed by atoms with E-state index in [-0.39, 0.29) is 0 Å². The van der Waals surface area contributed by atoms with Crippen molar-refractivity contribution >= 4 is 11.3 Å². The third-order valence-electron chi connectivity index (χ3n) is 3.43. The molecule has 0 saturated carbocycles. The van der Waals surface area contributed by atoms with Crippen LogP contribution < -0.4 is 5.32 Å². The van der Waals surface area contributed by atoms with Crippen LogP contribution in [0, 0.1) is 6.92 Å². The maximum atomic E-state index is 5.29. The van der Waals surface area contributed by atoms with Crippen molar-refractivity contribution in [1.29, 1.82) is 0 Å². The van der Waals surface area contributed by atoms with E-state index < -0.39 is 0 Å². The Balaban J connectivity index is 2.18. The van der Waals surface area contributed by atoms with E-state index in [4.69, 9.17) is 9.72 Å². The van der Waals surface area contributed by atoms with E-state index in [1.807, 2.05) is 0 Å². The molecule has 2 rings (SSSR count). The van der Waals surface area contributed by atoms with Gasteiger partial charge in [-0.2, -0.15) is 0 Å². The van der Waals surface area contributed by atoms with Crippen molar-refractivity contribution in [2.45, 2.75) is 39.8 Å². The van der Waals surface area contributed by atoms with Crippen LogP contribution in [0.4, 0.5) is 0 Å². The van der Waals surface area contributed by atoms with Crippen LogP contribution in [0.25, 0.3) is 10.6 Å². The molecule has 0 fully saturated rings. The van der Waals surface area contributed by atoms with Gasteiger partial charge in [-0.1, -0.05) is 37.6 Å². The van der Waals surface area contributed by atoms with Gasteiger partial charge in [0.05, 0.1) is 12.3 Å². The largest absolute Gasteiger partial charge is 0.378 e. The van der Waals surface area contributed by atoms with Gasteiger partial charge in [-0.05, 0) is 25.5 Å². The minimum Gasteiger partial charge on any atom is -0.378 e. The van der Waals surface area contributed by atoms with Crippen LogP contribution in [0.1, 0.15) is 35.9 Å². The number of ether oxygens (including phenoxy) is 1. The Kier molecular flexibility index (Phi) is 6.36. The molecule has 0 spiro atoms. The average molecular weight is 304 g/mol. The summed E-state index contributed by atoms with van der Waals surface area (Å²) in [5.41, 5.74) is 3.55. The number of hydrogen-bond acceptors (Lipinski definition) is 4. The molecule has 1 aromatic heterocycles. The zero-order valence-corrected chi connectivity index (χ0v) is 13.9. The zero-order chi connectivity index (χ0) is 15.1. The number of thiazole rings is 1. The summed E-state index contributed by atoms with van der Waals surface area (Å²) in [5, 5.41) is 4.59. The molecule has 0 amide bonds. The van der Waals surface area contributed by atoms with E-state index in [0.717, 1.165) is 23.8 Å². The second-order valence-electron chi connectivity index (χ2n) is 5.17. The highest BCUT2D eigenvalue weighted by atomic mass is 32.1. The first-order valence-corrected chi connectivity index (χ1v) is 8.32. The van der Waals surface area contributed by atoms with Crippen molar-refractivity contribution in [3.05, 3.63) is 40.4 Å². The molecule has 0 saturated heterocycles. The van der Waals surface area contributed by atoms with Gasteiger partial charge in [0.2, 0.25) is 0 Å². The van der Waals surface area contributed by atoms with E-state index in [2.05, 4.69) is 43.4 Å². The van der Waals surface area contributed by atoms with Gasteiger partial charge in [-0.3, -0.25) is 0 Å². The Morgan fingerprint density at radius 2 is 2.10 bits per heavy atom. The second kappa shape index (κ2) is 8.27. The first kappa shape index (κ1) is 16.1. The van der Waals surface area contributed by atoms with Crippen molar-refractivity contribution in [2.24, 2.45) is 0 Å². The maximum absolute atomic E-state index is 5.29. The first-order chi connectivity index (χ1) is 10.3. The van der Waals surface area contributed by atoms with Crippen LogP contribution in [0.5, 0.6) is 0 Å². The lowest BCUT2D eigenvalue weighted by Crippen LogP contribution is -2.14. The van der Waals surface area contributed by atoms with Gasteiger partial charge in [-0.25, -0.2) is 4.98 Å². The number of unbranched alkanes of at least 4 members (excludes halogenated alkanes) is 1. The monoisotopic (exact) mass is 304 g/mol. The van der Waals surface area contributed by atoms with E-state index in [0.29, 0.717) is 6.61 Å². The summed E-state index contributed by atoms with van der Waals surface area (Å²) in [4.78, 5) is 6.07. The number of benzene rings is 1. The number of aryl methyl sites for hydroxylation is 1. The minimum atomic E-state index is 0.577. The van der Waals surface area contributed by atoms with E-state index in [9.17, 15) is 0 Å². The molecular formula is C17H24N2OS. The molecule has 0 radical (unpaired) electrons. The highest BCUT2D eigenvalue weighted by molar-refractivity contribution is 7.15. The van der Waals surface area contributed by atoms with Crippen molar-refractivity contribution in [1.82, 2.24) is 10.3 Å². The van der Waals surface area contributed by atoms with Crippen LogP contribution in [-0.4, -0.2) is 18.6 Å². The fraction of sp³-hybridized carbons (Fsp3) is 0.471. The Labute approximate surface area is 131 Å². The van der Waals surface area contributed by atoms with E-state index >= 15 is 0 Å². The Morgan fingerprint density at radius 3 is 2.81 bits per heavy atom. The Bertz CT molecular complexity index is 566. The molecule has 1 heterocycles. The number of nitrogens with zero attached hydrogens (tertiary/aromatic N) is 1. The van der Waals surface area contributed by atoms with Gasteiger partial charge < -0.3 is 10.1 Å². The molecule has 0 bridgehead atoms. The van der Waals surface area contributed by atoms with Crippen LogP contribution in [0.15, 0.2) is 24.3 Å². The summed E-state index contributed by atoms with van der Waals surface area (Å²) < 4.78 is 5.29. The molecule has 0 atom stereocenters. The van der Waals surface area contributed by atoms with Crippen molar-refractivity contribution < 1.29 is 4.74 Å². The SMILES string of the molecule is CCCCNCc1sc(-c2ccccc2C)nc1COC. The molecule has 1 aromatic carbocycles. The number of rotatable bonds is 8. The summed E-state index contributed by atoms with van der Waals surface area (Å²) in [7, 11) is 1.72. The zero-order valence-electron chi connectivity index (χ0n) is 13.1. The quantitative estimate of drug-likeness (QED) is 0.744. The maximum Gasteiger partial charge on any atom is 0.124 e. The number of nitrogens with one attached hydrogen (secondary N) is 1. The molecule has 21 heavy (non-hydrogen) atoms. The van der Waals surface area contributed by atoms with Crippen LogP contribution in [-0.2, 0) is 17.9 Å². The smallest absolute Gasteiger partial charge is 0.124 e. The highest BCUT2D eigenvalue weighted by Gasteiger charge is 2.13. The van der Waals surface area contributed by atoms with Crippen LogP contribution >= 0.6 is 11.3 Å².